The van der Waals surface area contributed by atoms with Gasteiger partial charge in [0.15, 0.2) is 0 Å². The van der Waals surface area contributed by atoms with E-state index in [0.29, 0.717) is 19.1 Å². The SMILES string of the molecule is CC1c2ccccc2CCN1CC(O)CN. The highest BCUT2D eigenvalue weighted by atomic mass is 16.3. The van der Waals surface area contributed by atoms with E-state index in [1.165, 1.54) is 11.1 Å². The molecular formula is C13H20N2O. The third-order valence-corrected chi connectivity index (χ3v) is 3.44. The first kappa shape index (κ1) is 11.6. The highest BCUT2D eigenvalue weighted by Crippen LogP contribution is 2.28. The first-order chi connectivity index (χ1) is 7.72. The minimum Gasteiger partial charge on any atom is -0.390 e. The molecule has 1 aromatic rings. The van der Waals surface area contributed by atoms with E-state index in [9.17, 15) is 5.11 Å². The van der Waals surface area contributed by atoms with E-state index in [1.54, 1.807) is 0 Å². The fourth-order valence-corrected chi connectivity index (χ4v) is 2.42. The molecule has 3 nitrogen and oxygen atoms in total. The van der Waals surface area contributed by atoms with Gasteiger partial charge >= 0.3 is 0 Å². The first-order valence-electron chi connectivity index (χ1n) is 5.92. The van der Waals surface area contributed by atoms with Gasteiger partial charge in [0.2, 0.25) is 0 Å². The molecule has 88 valence electrons. The molecule has 0 bridgehead atoms. The summed E-state index contributed by atoms with van der Waals surface area (Å²) in [6.07, 6.45) is 0.658. The molecule has 0 fully saturated rings. The van der Waals surface area contributed by atoms with Gasteiger partial charge in [0.25, 0.3) is 0 Å². The van der Waals surface area contributed by atoms with Gasteiger partial charge in [0.1, 0.15) is 0 Å². The molecule has 1 aliphatic heterocycles. The molecule has 2 unspecified atom stereocenters. The zero-order valence-electron chi connectivity index (χ0n) is 9.76. The maximum atomic E-state index is 9.61. The zero-order valence-corrected chi connectivity index (χ0v) is 9.76. The van der Waals surface area contributed by atoms with Crippen LogP contribution >= 0.6 is 0 Å². The first-order valence-corrected chi connectivity index (χ1v) is 5.92. The maximum absolute atomic E-state index is 9.61. The number of hydrogen-bond donors (Lipinski definition) is 2. The fourth-order valence-electron chi connectivity index (χ4n) is 2.42. The smallest absolute Gasteiger partial charge is 0.0789 e. The Kier molecular flexibility index (Phi) is 3.59. The molecule has 0 aliphatic carbocycles. The summed E-state index contributed by atoms with van der Waals surface area (Å²) in [5, 5.41) is 9.61. The second kappa shape index (κ2) is 4.95. The van der Waals surface area contributed by atoms with Crippen LogP contribution in [0.3, 0.4) is 0 Å². The Labute approximate surface area is 96.9 Å². The summed E-state index contributed by atoms with van der Waals surface area (Å²) in [7, 11) is 0. The lowest BCUT2D eigenvalue weighted by molar-refractivity contribution is 0.0916. The van der Waals surface area contributed by atoms with Gasteiger partial charge in [0.05, 0.1) is 6.10 Å². The lowest BCUT2D eigenvalue weighted by atomic mass is 9.93. The Balaban J connectivity index is 2.12. The van der Waals surface area contributed by atoms with E-state index in [2.05, 4.69) is 36.1 Å². The third kappa shape index (κ3) is 2.26. The number of aliphatic hydroxyl groups excluding tert-OH is 1. The third-order valence-electron chi connectivity index (χ3n) is 3.44. The van der Waals surface area contributed by atoms with Crippen LogP contribution in [-0.2, 0) is 6.42 Å². The normalized spacial score (nSPS) is 22.8. The van der Waals surface area contributed by atoms with Crippen LogP contribution in [0.5, 0.6) is 0 Å². The van der Waals surface area contributed by atoms with Crippen molar-refractivity contribution in [3.8, 4) is 0 Å². The Hall–Kier alpha value is -0.900. The van der Waals surface area contributed by atoms with Crippen LogP contribution in [0.4, 0.5) is 0 Å². The van der Waals surface area contributed by atoms with E-state index < -0.39 is 6.10 Å². The molecule has 0 saturated heterocycles. The second-order valence-corrected chi connectivity index (χ2v) is 4.51. The minimum atomic E-state index is -0.410. The van der Waals surface area contributed by atoms with Crippen molar-refractivity contribution in [2.75, 3.05) is 19.6 Å². The summed E-state index contributed by atoms with van der Waals surface area (Å²) in [6, 6.07) is 8.93. The molecule has 16 heavy (non-hydrogen) atoms. The van der Waals surface area contributed by atoms with Gasteiger partial charge in [-0.15, -0.1) is 0 Å². The quantitative estimate of drug-likeness (QED) is 0.796. The molecular weight excluding hydrogens is 200 g/mol. The number of aliphatic hydroxyl groups is 1. The summed E-state index contributed by atoms with van der Waals surface area (Å²) >= 11 is 0. The molecule has 1 aliphatic rings. The van der Waals surface area contributed by atoms with Crippen LogP contribution < -0.4 is 5.73 Å². The number of nitrogens with two attached hydrogens (primary N) is 1. The summed E-state index contributed by atoms with van der Waals surface area (Å²) < 4.78 is 0. The highest BCUT2D eigenvalue weighted by molar-refractivity contribution is 5.32. The predicted octanol–water partition coefficient (Wildman–Crippen LogP) is 0.925. The van der Waals surface area contributed by atoms with Crippen molar-refractivity contribution in [3.63, 3.8) is 0 Å². The molecule has 0 amide bonds. The van der Waals surface area contributed by atoms with Crippen molar-refractivity contribution in [2.24, 2.45) is 5.73 Å². The van der Waals surface area contributed by atoms with E-state index in [4.69, 9.17) is 5.73 Å². The van der Waals surface area contributed by atoms with Gasteiger partial charge in [-0.3, -0.25) is 4.90 Å². The van der Waals surface area contributed by atoms with Crippen molar-refractivity contribution < 1.29 is 5.11 Å². The number of fused-ring (bicyclic) bond motifs is 1. The highest BCUT2D eigenvalue weighted by Gasteiger charge is 2.24. The lowest BCUT2D eigenvalue weighted by Crippen LogP contribution is -2.41. The summed E-state index contributed by atoms with van der Waals surface area (Å²) in [5.74, 6) is 0. The van der Waals surface area contributed by atoms with E-state index in [0.717, 1.165) is 13.0 Å². The van der Waals surface area contributed by atoms with Crippen LogP contribution in [-0.4, -0.2) is 35.7 Å². The average Bonchev–Trinajstić information content (AvgIpc) is 2.33. The van der Waals surface area contributed by atoms with Gasteiger partial charge < -0.3 is 10.8 Å². The Morgan fingerprint density at radius 3 is 3.00 bits per heavy atom. The molecule has 0 aromatic heterocycles. The van der Waals surface area contributed by atoms with Crippen molar-refractivity contribution in [1.82, 2.24) is 4.90 Å². The van der Waals surface area contributed by atoms with Gasteiger partial charge in [-0.05, 0) is 24.5 Å². The van der Waals surface area contributed by atoms with Crippen LogP contribution in [0.25, 0.3) is 0 Å². The molecule has 2 atom stereocenters. The van der Waals surface area contributed by atoms with E-state index in [1.807, 2.05) is 0 Å². The van der Waals surface area contributed by atoms with Gasteiger partial charge in [-0.25, -0.2) is 0 Å². The lowest BCUT2D eigenvalue weighted by Gasteiger charge is -2.36. The van der Waals surface area contributed by atoms with Gasteiger partial charge in [-0.1, -0.05) is 24.3 Å². The van der Waals surface area contributed by atoms with Crippen molar-refractivity contribution >= 4 is 0 Å². The van der Waals surface area contributed by atoms with Crippen molar-refractivity contribution in [3.05, 3.63) is 35.4 Å². The molecule has 0 saturated carbocycles. The number of nitrogens with zero attached hydrogens (tertiary/aromatic N) is 1. The maximum Gasteiger partial charge on any atom is 0.0789 e. The monoisotopic (exact) mass is 220 g/mol. The fraction of sp³-hybridized carbons (Fsp3) is 0.538. The van der Waals surface area contributed by atoms with Crippen LogP contribution in [0.2, 0.25) is 0 Å². The van der Waals surface area contributed by atoms with E-state index in [-0.39, 0.29) is 0 Å². The summed E-state index contributed by atoms with van der Waals surface area (Å²) in [5.41, 5.74) is 8.28. The number of benzene rings is 1. The number of hydrogen-bond acceptors (Lipinski definition) is 3. The Morgan fingerprint density at radius 1 is 1.50 bits per heavy atom. The molecule has 0 radical (unpaired) electrons. The Morgan fingerprint density at radius 2 is 2.25 bits per heavy atom. The number of β-amino-alcohol motifs (C(OH)–C–C–N with tert-alkyl or cyclic N) is 1. The zero-order chi connectivity index (χ0) is 11.5. The summed E-state index contributed by atoms with van der Waals surface area (Å²) in [6.45, 7) is 4.22. The minimum absolute atomic E-state index is 0.338. The number of rotatable bonds is 3. The topological polar surface area (TPSA) is 49.5 Å². The largest absolute Gasteiger partial charge is 0.390 e. The molecule has 3 heteroatoms. The van der Waals surface area contributed by atoms with Crippen LogP contribution in [0.1, 0.15) is 24.1 Å². The standard InChI is InChI=1S/C13H20N2O/c1-10-13-5-3-2-4-11(13)6-7-15(10)9-12(16)8-14/h2-5,10,12,16H,6-9,14H2,1H3. The van der Waals surface area contributed by atoms with Crippen LogP contribution in [0, 0.1) is 0 Å². The molecule has 1 heterocycles. The molecule has 2 rings (SSSR count). The van der Waals surface area contributed by atoms with Crippen molar-refractivity contribution in [1.29, 1.82) is 0 Å². The average molecular weight is 220 g/mol. The van der Waals surface area contributed by atoms with Gasteiger partial charge in [0, 0.05) is 25.7 Å². The Bertz CT molecular complexity index is 354. The molecule has 1 aromatic carbocycles. The van der Waals surface area contributed by atoms with Gasteiger partial charge in [-0.2, -0.15) is 0 Å². The summed E-state index contributed by atoms with van der Waals surface area (Å²) in [4.78, 5) is 2.31. The molecule has 0 spiro atoms. The second-order valence-electron chi connectivity index (χ2n) is 4.51. The van der Waals surface area contributed by atoms with Crippen LogP contribution in [0.15, 0.2) is 24.3 Å². The van der Waals surface area contributed by atoms with E-state index >= 15 is 0 Å². The molecule has 3 N–H and O–H groups in total. The predicted molar refractivity (Wildman–Crippen MR) is 65.2 cm³/mol. The van der Waals surface area contributed by atoms with Crippen molar-refractivity contribution in [2.45, 2.75) is 25.5 Å².